The molecule has 0 saturated carbocycles. The van der Waals surface area contributed by atoms with Crippen molar-refractivity contribution < 1.29 is 28.3 Å². The molecule has 1 aromatic rings. The summed E-state index contributed by atoms with van der Waals surface area (Å²) in [6, 6.07) is 1.33. The summed E-state index contributed by atoms with van der Waals surface area (Å²) in [7, 11) is 0. The number of esters is 1. The third kappa shape index (κ3) is 8.20. The Balaban J connectivity index is 2.49. The second-order valence-electron chi connectivity index (χ2n) is 8.55. The van der Waals surface area contributed by atoms with Gasteiger partial charge in [0.05, 0.1) is 18.7 Å². The topological polar surface area (TPSA) is 126 Å². The number of aromatic nitrogens is 1. The fraction of sp³-hybridized carbons (Fsp3) is 0.458. The molecule has 0 spiro atoms. The molecule has 0 fully saturated rings. The van der Waals surface area contributed by atoms with E-state index < -0.39 is 47.3 Å². The first-order chi connectivity index (χ1) is 16.5. The van der Waals surface area contributed by atoms with Crippen LogP contribution in [0.2, 0.25) is 0 Å². The Labute approximate surface area is 209 Å². The van der Waals surface area contributed by atoms with E-state index in [-0.39, 0.29) is 30.3 Å². The maximum Gasteiger partial charge on any atom is 0.329 e. The van der Waals surface area contributed by atoms with Crippen molar-refractivity contribution in [2.24, 2.45) is 5.92 Å². The number of thiol groups is 1. The van der Waals surface area contributed by atoms with E-state index in [1.807, 2.05) is 0 Å². The summed E-state index contributed by atoms with van der Waals surface area (Å²) < 4.78 is 19.9. The lowest BCUT2D eigenvalue weighted by molar-refractivity contribution is -0.153. The summed E-state index contributed by atoms with van der Waals surface area (Å²) in [4.78, 5) is 55.3. The average Bonchev–Trinajstić information content (AvgIpc) is 2.79. The third-order valence-electron chi connectivity index (χ3n) is 5.06. The van der Waals surface area contributed by atoms with Crippen molar-refractivity contribution >= 4 is 36.3 Å². The predicted molar refractivity (Wildman–Crippen MR) is 131 cm³/mol. The second-order valence-corrected chi connectivity index (χ2v) is 9.00. The van der Waals surface area contributed by atoms with Crippen LogP contribution in [0.3, 0.4) is 0 Å². The van der Waals surface area contributed by atoms with E-state index in [9.17, 15) is 23.6 Å². The molecule has 1 aliphatic rings. The number of carbonyl (C=O) groups excluding carboxylic acids is 4. The summed E-state index contributed by atoms with van der Waals surface area (Å²) >= 11 is 4.14. The van der Waals surface area contributed by atoms with Gasteiger partial charge in [-0.1, -0.05) is 19.9 Å². The smallest absolute Gasteiger partial charge is 0.329 e. The number of allylic oxidation sites excluding steroid dienone is 2. The van der Waals surface area contributed by atoms with Crippen molar-refractivity contribution in [2.75, 3.05) is 5.75 Å². The Bertz CT molecular complexity index is 1040. The molecular formula is C24H31FN4O5S. The second kappa shape index (κ2) is 13.0. The highest BCUT2D eigenvalue weighted by Crippen LogP contribution is 2.13. The minimum atomic E-state index is -1.07. The first kappa shape index (κ1) is 28.0. The summed E-state index contributed by atoms with van der Waals surface area (Å²) in [5.74, 6) is -3.53. The zero-order chi connectivity index (χ0) is 26.1. The number of fused-ring (bicyclic) bond motifs is 2. The molecular weight excluding hydrogens is 475 g/mol. The van der Waals surface area contributed by atoms with Crippen LogP contribution in [0, 0.1) is 11.7 Å². The fourth-order valence-corrected chi connectivity index (χ4v) is 3.32. The fourth-order valence-electron chi connectivity index (χ4n) is 3.17. The normalized spacial score (nSPS) is 20.4. The molecule has 0 unspecified atom stereocenters. The Morgan fingerprint density at radius 2 is 1.94 bits per heavy atom. The molecule has 1 aliphatic heterocycles. The highest BCUT2D eigenvalue weighted by atomic mass is 32.1. The summed E-state index contributed by atoms with van der Waals surface area (Å²) in [6.07, 6.45) is 2.90. The van der Waals surface area contributed by atoms with Crippen LogP contribution in [0.1, 0.15) is 56.7 Å². The number of amides is 3. The van der Waals surface area contributed by atoms with E-state index >= 15 is 0 Å². The number of nitrogens with one attached hydrogen (secondary N) is 3. The Morgan fingerprint density at radius 1 is 1.23 bits per heavy atom. The standard InChI is InChI=1S/C24H31FN4O5S/c1-13(2)19-22(31)29-20(14(3)4)24(33)34-16(7-5-6-10-35)11-18(30)26-12-15-8-9-17(25)21(27-15)23(32)28-19/h5,7-9,14,16,20,35H,6,10-12H2,1-4H3,(H,26,30)(H,28,32)(H,29,31)/b7-5+/t16-,20+/m1/s1. The lowest BCUT2D eigenvalue weighted by Gasteiger charge is -2.24. The zero-order valence-corrected chi connectivity index (χ0v) is 21.1. The minimum Gasteiger partial charge on any atom is -0.456 e. The number of halogens is 1. The third-order valence-corrected chi connectivity index (χ3v) is 5.32. The number of pyridine rings is 1. The van der Waals surface area contributed by atoms with Crippen LogP contribution in [0.15, 0.2) is 35.6 Å². The number of ether oxygens (including phenoxy) is 1. The van der Waals surface area contributed by atoms with Gasteiger partial charge >= 0.3 is 5.97 Å². The van der Waals surface area contributed by atoms with Gasteiger partial charge in [-0.2, -0.15) is 12.6 Å². The maximum atomic E-state index is 14.4. The van der Waals surface area contributed by atoms with Crippen molar-refractivity contribution in [1.29, 1.82) is 0 Å². The molecule has 0 saturated heterocycles. The van der Waals surface area contributed by atoms with E-state index in [1.54, 1.807) is 39.8 Å². The van der Waals surface area contributed by atoms with Crippen molar-refractivity contribution in [1.82, 2.24) is 20.9 Å². The van der Waals surface area contributed by atoms with Crippen LogP contribution in [0.5, 0.6) is 0 Å². The van der Waals surface area contributed by atoms with Gasteiger partial charge in [0.1, 0.15) is 17.8 Å². The molecule has 3 N–H and O–H groups in total. The highest BCUT2D eigenvalue weighted by Gasteiger charge is 2.30. The summed E-state index contributed by atoms with van der Waals surface area (Å²) in [5, 5.41) is 7.61. The van der Waals surface area contributed by atoms with Gasteiger partial charge in [-0.25, -0.2) is 14.2 Å². The van der Waals surface area contributed by atoms with Gasteiger partial charge < -0.3 is 20.7 Å². The number of nitrogens with zero attached hydrogens (tertiary/aromatic N) is 1. The molecule has 2 rings (SSSR count). The number of cyclic esters (lactones) is 1. The van der Waals surface area contributed by atoms with Crippen molar-refractivity contribution in [2.45, 2.75) is 59.2 Å². The molecule has 0 aromatic carbocycles. The van der Waals surface area contributed by atoms with Crippen molar-refractivity contribution in [3.63, 3.8) is 0 Å². The molecule has 0 radical (unpaired) electrons. The quantitative estimate of drug-likeness (QED) is 0.215. The van der Waals surface area contributed by atoms with Gasteiger partial charge in [0.2, 0.25) is 5.91 Å². The van der Waals surface area contributed by atoms with Gasteiger partial charge in [-0.3, -0.25) is 14.4 Å². The molecule has 2 atom stereocenters. The van der Waals surface area contributed by atoms with Gasteiger partial charge in [-0.15, -0.1) is 0 Å². The largest absolute Gasteiger partial charge is 0.456 e. The summed E-state index contributed by atoms with van der Waals surface area (Å²) in [5.41, 5.74) is 0.0110. The van der Waals surface area contributed by atoms with E-state index in [4.69, 9.17) is 4.74 Å². The van der Waals surface area contributed by atoms with Crippen LogP contribution >= 0.6 is 12.6 Å². The molecule has 1 aromatic heterocycles. The van der Waals surface area contributed by atoms with Gasteiger partial charge in [0.15, 0.2) is 11.5 Å². The van der Waals surface area contributed by atoms with E-state index in [0.717, 1.165) is 6.07 Å². The molecule has 35 heavy (non-hydrogen) atoms. The van der Waals surface area contributed by atoms with E-state index in [1.165, 1.54) is 6.07 Å². The Morgan fingerprint density at radius 3 is 2.57 bits per heavy atom. The maximum absolute atomic E-state index is 14.4. The Hall–Kier alpha value is -3.21. The molecule has 9 nitrogen and oxygen atoms in total. The van der Waals surface area contributed by atoms with Gasteiger partial charge in [-0.05, 0) is 55.7 Å². The van der Waals surface area contributed by atoms with Crippen LogP contribution in [-0.4, -0.2) is 46.6 Å². The van der Waals surface area contributed by atoms with E-state index in [2.05, 4.69) is 33.6 Å². The van der Waals surface area contributed by atoms with Crippen molar-refractivity contribution in [3.05, 3.63) is 52.8 Å². The molecule has 2 bridgehead atoms. The van der Waals surface area contributed by atoms with E-state index in [0.29, 0.717) is 17.7 Å². The molecule has 0 aliphatic carbocycles. The summed E-state index contributed by atoms with van der Waals surface area (Å²) in [6.45, 7) is 6.54. The monoisotopic (exact) mass is 506 g/mol. The average molecular weight is 507 g/mol. The lowest BCUT2D eigenvalue weighted by Crippen LogP contribution is -2.49. The predicted octanol–water partition coefficient (Wildman–Crippen LogP) is 2.19. The number of hydrogen-bond acceptors (Lipinski definition) is 7. The van der Waals surface area contributed by atoms with Crippen LogP contribution in [-0.2, 0) is 25.7 Å². The van der Waals surface area contributed by atoms with Crippen LogP contribution < -0.4 is 16.0 Å². The van der Waals surface area contributed by atoms with Gasteiger partial charge in [0, 0.05) is 0 Å². The lowest BCUT2D eigenvalue weighted by atomic mass is 10.0. The Kier molecular flexibility index (Phi) is 10.4. The number of carbonyl (C=O) groups is 4. The molecule has 11 heteroatoms. The molecule has 3 amide bonds. The molecule has 190 valence electrons. The van der Waals surface area contributed by atoms with Crippen LogP contribution in [0.4, 0.5) is 4.39 Å². The van der Waals surface area contributed by atoms with Gasteiger partial charge in [0.25, 0.3) is 11.8 Å². The highest BCUT2D eigenvalue weighted by molar-refractivity contribution is 7.80. The number of rotatable bonds is 4. The zero-order valence-electron chi connectivity index (χ0n) is 20.2. The SMILES string of the molecule is CC(C)=C1NC(=O)c2nc(ccc2F)CNC(=O)C[C@@H](/C=C/CCS)OC(=O)[C@H](C(C)C)NC1=O. The van der Waals surface area contributed by atoms with Crippen LogP contribution in [0.25, 0.3) is 0 Å². The molecule has 2 heterocycles. The minimum absolute atomic E-state index is 0.0784. The number of hydrogen-bond donors (Lipinski definition) is 4. The first-order valence-corrected chi connectivity index (χ1v) is 11.9. The first-order valence-electron chi connectivity index (χ1n) is 11.2. The van der Waals surface area contributed by atoms with Crippen molar-refractivity contribution in [3.8, 4) is 0 Å².